The van der Waals surface area contributed by atoms with Crippen molar-refractivity contribution in [1.29, 1.82) is 0 Å². The maximum absolute atomic E-state index is 16.5. The Bertz CT molecular complexity index is 2370. The van der Waals surface area contributed by atoms with Crippen molar-refractivity contribution in [2.24, 2.45) is 11.5 Å². The highest BCUT2D eigenvalue weighted by Gasteiger charge is 2.38. The Hall–Kier alpha value is -5.34. The molecule has 0 radical (unpaired) electrons. The SMILES string of the molecule is NCc1cccc2c(-c3c(P(=O)(c4ccccc4)c4ccccc4)ccc4c(CN)cccc34)c(P(=O)(c3ccccc3)c3ccccc3)ccc12. The second-order valence-electron chi connectivity index (χ2n) is 12.9. The molecule has 4 nitrogen and oxygen atoms in total. The van der Waals surface area contributed by atoms with E-state index in [1.165, 1.54) is 0 Å². The van der Waals surface area contributed by atoms with E-state index >= 15 is 9.13 Å². The summed E-state index contributed by atoms with van der Waals surface area (Å²) in [4.78, 5) is 0. The molecule has 0 aromatic heterocycles. The van der Waals surface area contributed by atoms with Crippen LogP contribution in [0.3, 0.4) is 0 Å². The summed E-state index contributed by atoms with van der Waals surface area (Å²) in [5.41, 5.74) is 16.3. The van der Waals surface area contributed by atoms with Gasteiger partial charge in [0.25, 0.3) is 0 Å². The molecule has 0 amide bonds. The standard InChI is InChI=1S/C46H38N2O2P2/c47-31-33-15-13-25-41-39(33)27-29-43(51(49,35-17-5-1-6-18-35)36-19-7-2-8-20-36)45(41)46-42-26-14-16-34(32-48)40(42)28-30-44(46)52(50,37-21-9-3-10-22-37)38-23-11-4-12-24-38/h1-30H,31-32,47-48H2. The zero-order valence-electron chi connectivity index (χ0n) is 28.6. The average Bonchev–Trinajstić information content (AvgIpc) is 3.23. The van der Waals surface area contributed by atoms with E-state index < -0.39 is 14.3 Å². The summed E-state index contributed by atoms with van der Waals surface area (Å²) in [6, 6.07) is 59.3. The third kappa shape index (κ3) is 5.48. The Balaban J connectivity index is 1.63. The lowest BCUT2D eigenvalue weighted by atomic mass is 9.91. The van der Waals surface area contributed by atoms with Crippen molar-refractivity contribution >= 4 is 67.7 Å². The van der Waals surface area contributed by atoms with Gasteiger partial charge in [0.15, 0.2) is 14.3 Å². The second-order valence-corrected chi connectivity index (χ2v) is 18.4. The molecular formula is C46H38N2O2P2. The van der Waals surface area contributed by atoms with Gasteiger partial charge in [-0.1, -0.05) is 170 Å². The van der Waals surface area contributed by atoms with Gasteiger partial charge in [-0.3, -0.25) is 0 Å². The predicted molar refractivity (Wildman–Crippen MR) is 221 cm³/mol. The largest absolute Gasteiger partial charge is 0.326 e. The average molecular weight is 713 g/mol. The first-order chi connectivity index (χ1) is 25.5. The zero-order valence-corrected chi connectivity index (χ0v) is 30.4. The Kier molecular flexibility index (Phi) is 9.09. The normalized spacial score (nSPS) is 12.0. The van der Waals surface area contributed by atoms with E-state index in [9.17, 15) is 0 Å². The predicted octanol–water partition coefficient (Wildman–Crippen LogP) is 7.86. The number of fused-ring (bicyclic) bond motifs is 2. The van der Waals surface area contributed by atoms with Crippen LogP contribution in [0.15, 0.2) is 182 Å². The quantitative estimate of drug-likeness (QED) is 0.149. The second kappa shape index (κ2) is 14.0. The summed E-state index contributed by atoms with van der Waals surface area (Å²) in [6.45, 7) is 0.662. The molecule has 0 heterocycles. The van der Waals surface area contributed by atoms with Gasteiger partial charge in [-0.05, 0) is 44.8 Å². The van der Waals surface area contributed by atoms with Gasteiger partial charge in [-0.2, -0.15) is 0 Å². The maximum atomic E-state index is 16.5. The highest BCUT2D eigenvalue weighted by atomic mass is 31.2. The first-order valence-electron chi connectivity index (χ1n) is 17.4. The molecule has 8 aromatic rings. The van der Waals surface area contributed by atoms with Crippen LogP contribution in [0.2, 0.25) is 0 Å². The number of nitrogens with two attached hydrogens (primary N) is 2. The first-order valence-corrected chi connectivity index (χ1v) is 20.8. The summed E-state index contributed by atoms with van der Waals surface area (Å²) >= 11 is 0. The van der Waals surface area contributed by atoms with E-state index in [-0.39, 0.29) is 0 Å². The molecule has 0 saturated heterocycles. The Morgan fingerprint density at radius 3 is 0.923 bits per heavy atom. The van der Waals surface area contributed by atoms with Gasteiger partial charge in [0.2, 0.25) is 0 Å². The number of hydrogen-bond donors (Lipinski definition) is 2. The monoisotopic (exact) mass is 712 g/mol. The van der Waals surface area contributed by atoms with Crippen molar-refractivity contribution in [3.63, 3.8) is 0 Å². The van der Waals surface area contributed by atoms with Gasteiger partial charge < -0.3 is 20.6 Å². The molecule has 0 aliphatic carbocycles. The van der Waals surface area contributed by atoms with E-state index in [4.69, 9.17) is 11.5 Å². The van der Waals surface area contributed by atoms with Gasteiger partial charge in [0.1, 0.15) is 0 Å². The highest BCUT2D eigenvalue weighted by molar-refractivity contribution is 7.86. The summed E-state index contributed by atoms with van der Waals surface area (Å²) in [5, 5.41) is 7.93. The Morgan fingerprint density at radius 2 is 0.635 bits per heavy atom. The fraction of sp³-hybridized carbons (Fsp3) is 0.0435. The van der Waals surface area contributed by atoms with Crippen LogP contribution >= 0.6 is 14.3 Å². The van der Waals surface area contributed by atoms with E-state index in [1.807, 2.05) is 158 Å². The summed E-state index contributed by atoms with van der Waals surface area (Å²) in [6.07, 6.45) is 0. The van der Waals surface area contributed by atoms with Crippen molar-refractivity contribution in [2.45, 2.75) is 13.1 Å². The molecule has 0 saturated carbocycles. The number of rotatable bonds is 9. The molecule has 0 fully saturated rings. The molecule has 0 aliphatic heterocycles. The lowest BCUT2D eigenvalue weighted by Crippen LogP contribution is -2.30. The zero-order chi connectivity index (χ0) is 35.7. The van der Waals surface area contributed by atoms with Gasteiger partial charge >= 0.3 is 0 Å². The van der Waals surface area contributed by atoms with Crippen LogP contribution in [0.25, 0.3) is 32.7 Å². The highest BCUT2D eigenvalue weighted by Crippen LogP contribution is 2.52. The van der Waals surface area contributed by atoms with Gasteiger partial charge in [0.05, 0.1) is 0 Å². The fourth-order valence-electron chi connectivity index (χ4n) is 7.64. The summed E-state index contributed by atoms with van der Waals surface area (Å²) in [7, 11) is -7.13. The van der Waals surface area contributed by atoms with E-state index in [0.29, 0.717) is 23.7 Å². The van der Waals surface area contributed by atoms with Crippen LogP contribution in [0.5, 0.6) is 0 Å². The first kappa shape index (κ1) is 33.8. The van der Waals surface area contributed by atoms with E-state index in [0.717, 1.165) is 65.0 Å². The van der Waals surface area contributed by atoms with Gasteiger partial charge in [0, 0.05) is 56.0 Å². The van der Waals surface area contributed by atoms with Crippen LogP contribution in [0.4, 0.5) is 0 Å². The molecule has 4 N–H and O–H groups in total. The van der Waals surface area contributed by atoms with Crippen LogP contribution in [0.1, 0.15) is 11.1 Å². The molecule has 254 valence electrons. The molecular weight excluding hydrogens is 674 g/mol. The fourth-order valence-corrected chi connectivity index (χ4v) is 13.4. The lowest BCUT2D eigenvalue weighted by molar-refractivity contribution is 0.591. The smallest absolute Gasteiger partial charge is 0.171 e. The molecule has 0 aliphatic rings. The van der Waals surface area contributed by atoms with Crippen LogP contribution < -0.4 is 43.3 Å². The van der Waals surface area contributed by atoms with E-state index in [1.54, 1.807) is 0 Å². The Labute approximate surface area is 304 Å². The van der Waals surface area contributed by atoms with Crippen molar-refractivity contribution in [3.8, 4) is 11.1 Å². The van der Waals surface area contributed by atoms with Crippen LogP contribution in [-0.4, -0.2) is 0 Å². The minimum Gasteiger partial charge on any atom is -0.326 e. The van der Waals surface area contributed by atoms with Crippen molar-refractivity contribution in [1.82, 2.24) is 0 Å². The molecule has 0 spiro atoms. The summed E-state index contributed by atoms with van der Waals surface area (Å²) < 4.78 is 32.9. The minimum atomic E-state index is -3.57. The van der Waals surface area contributed by atoms with Gasteiger partial charge in [-0.15, -0.1) is 0 Å². The minimum absolute atomic E-state index is 0.331. The molecule has 52 heavy (non-hydrogen) atoms. The maximum Gasteiger partial charge on any atom is 0.171 e. The van der Waals surface area contributed by atoms with Crippen molar-refractivity contribution < 1.29 is 9.13 Å². The number of benzene rings is 8. The van der Waals surface area contributed by atoms with Gasteiger partial charge in [-0.25, -0.2) is 0 Å². The van der Waals surface area contributed by atoms with Crippen molar-refractivity contribution in [3.05, 3.63) is 193 Å². The molecule has 8 rings (SSSR count). The molecule has 6 heteroatoms. The molecule has 0 bridgehead atoms. The number of hydrogen-bond acceptors (Lipinski definition) is 4. The third-order valence-electron chi connectivity index (χ3n) is 10.1. The van der Waals surface area contributed by atoms with Crippen LogP contribution in [0, 0.1) is 0 Å². The van der Waals surface area contributed by atoms with E-state index in [2.05, 4.69) is 24.3 Å². The third-order valence-corrected chi connectivity index (χ3v) is 16.3. The Morgan fingerprint density at radius 1 is 0.327 bits per heavy atom. The van der Waals surface area contributed by atoms with Crippen molar-refractivity contribution in [2.75, 3.05) is 0 Å². The molecule has 0 unspecified atom stereocenters. The molecule has 0 atom stereocenters. The lowest BCUT2D eigenvalue weighted by Gasteiger charge is -2.29. The topological polar surface area (TPSA) is 86.2 Å². The summed E-state index contributed by atoms with van der Waals surface area (Å²) in [5.74, 6) is 0. The molecule has 8 aromatic carbocycles. The van der Waals surface area contributed by atoms with Crippen LogP contribution in [-0.2, 0) is 22.2 Å².